The Labute approximate surface area is 178 Å². The molecule has 3 aromatic heterocycles. The van der Waals surface area contributed by atoms with Gasteiger partial charge in [-0.3, -0.25) is 0 Å². The molecule has 0 aliphatic heterocycles. The van der Waals surface area contributed by atoms with Gasteiger partial charge in [-0.15, -0.1) is 12.1 Å². The first-order valence-electron chi connectivity index (χ1n) is 8.00. The molecule has 0 bridgehead atoms. The van der Waals surface area contributed by atoms with E-state index in [0.717, 1.165) is 5.69 Å². The van der Waals surface area contributed by atoms with Crippen LogP contribution in [0.2, 0.25) is 0 Å². The smallest absolute Gasteiger partial charge is 0.574 e. The van der Waals surface area contributed by atoms with Gasteiger partial charge in [0.2, 0.25) is 11.8 Å². The van der Waals surface area contributed by atoms with E-state index in [4.69, 9.17) is 9.47 Å². The maximum absolute atomic E-state index is 5.81. The van der Waals surface area contributed by atoms with Crippen molar-refractivity contribution in [2.45, 2.75) is 14.4 Å². The molecule has 144 valence electrons. The Morgan fingerprint density at radius 2 is 1.61 bits per heavy atom. The monoisotopic (exact) mass is 553 g/mol. The standard InChI is InChI=1S/C20H14N4O2.CH4.Pt/c1-14-12-18(24-23-14)17-8-5-10-20(22-17)26-16-7-4-6-15(13-16)25-19-9-2-3-11-21-19;;/h2-12H,1H3;1H4;/q-2;;+2. The maximum Gasteiger partial charge on any atom is 2.00 e. The molecule has 0 saturated carbocycles. The molecule has 6 nitrogen and oxygen atoms in total. The molecule has 0 amide bonds. The van der Waals surface area contributed by atoms with E-state index in [2.05, 4.69) is 26.2 Å². The first-order valence-corrected chi connectivity index (χ1v) is 8.00. The van der Waals surface area contributed by atoms with Crippen molar-refractivity contribution in [1.29, 1.82) is 0 Å². The fraction of sp³-hybridized carbons (Fsp3) is 0.0952. The van der Waals surface area contributed by atoms with E-state index in [1.807, 2.05) is 43.3 Å². The molecule has 4 rings (SSSR count). The van der Waals surface area contributed by atoms with Gasteiger partial charge in [0.05, 0.1) is 5.69 Å². The van der Waals surface area contributed by atoms with Gasteiger partial charge in [-0.2, -0.15) is 6.07 Å². The van der Waals surface area contributed by atoms with Gasteiger partial charge in [-0.1, -0.05) is 37.4 Å². The Hall–Kier alpha value is -2.98. The molecule has 3 heterocycles. The van der Waals surface area contributed by atoms with Crippen LogP contribution in [0.25, 0.3) is 11.4 Å². The van der Waals surface area contributed by atoms with E-state index in [9.17, 15) is 0 Å². The van der Waals surface area contributed by atoms with Crippen LogP contribution in [0.15, 0.2) is 66.9 Å². The van der Waals surface area contributed by atoms with Gasteiger partial charge in [0.25, 0.3) is 0 Å². The Morgan fingerprint density at radius 3 is 2.29 bits per heavy atom. The molecule has 4 aromatic rings. The second-order valence-corrected chi connectivity index (χ2v) is 5.48. The molecule has 0 unspecified atom stereocenters. The van der Waals surface area contributed by atoms with Crippen molar-refractivity contribution < 1.29 is 30.5 Å². The van der Waals surface area contributed by atoms with Crippen LogP contribution in [0, 0.1) is 13.0 Å². The Balaban J connectivity index is 0.00000140. The van der Waals surface area contributed by atoms with Gasteiger partial charge in [0, 0.05) is 35.5 Å². The third kappa shape index (κ3) is 5.27. The predicted molar refractivity (Wildman–Crippen MR) is 102 cm³/mol. The second kappa shape index (κ2) is 9.81. The van der Waals surface area contributed by atoms with Gasteiger partial charge in [-0.25, -0.2) is 9.97 Å². The average molecular weight is 553 g/mol. The molecule has 0 saturated heterocycles. The van der Waals surface area contributed by atoms with Crippen molar-refractivity contribution in [1.82, 2.24) is 20.2 Å². The van der Waals surface area contributed by atoms with Crippen LogP contribution >= 0.6 is 0 Å². The fourth-order valence-corrected chi connectivity index (χ4v) is 2.31. The first-order chi connectivity index (χ1) is 12.8. The zero-order valence-electron chi connectivity index (χ0n) is 14.3. The summed E-state index contributed by atoms with van der Waals surface area (Å²) < 4.78 is 11.5. The van der Waals surface area contributed by atoms with Crippen molar-refractivity contribution in [2.75, 3.05) is 0 Å². The van der Waals surface area contributed by atoms with Crippen molar-refractivity contribution in [3.8, 4) is 34.6 Å². The summed E-state index contributed by atoms with van der Waals surface area (Å²) in [7, 11) is 0. The molecule has 1 aromatic carbocycles. The Bertz CT molecular complexity index is 1020. The topological polar surface area (TPSA) is 71.2 Å². The summed E-state index contributed by atoms with van der Waals surface area (Å²) in [6.07, 6.45) is 1.67. The quantitative estimate of drug-likeness (QED) is 0.330. The zero-order chi connectivity index (χ0) is 17.8. The van der Waals surface area contributed by atoms with Crippen molar-refractivity contribution in [2.24, 2.45) is 0 Å². The van der Waals surface area contributed by atoms with Crippen LogP contribution in [0.4, 0.5) is 0 Å². The number of hydrogen-bond acceptors (Lipinski definition) is 5. The van der Waals surface area contributed by atoms with Crippen LogP contribution in [-0.2, 0) is 21.1 Å². The molecule has 0 fully saturated rings. The van der Waals surface area contributed by atoms with Crippen LogP contribution in [0.1, 0.15) is 13.1 Å². The van der Waals surface area contributed by atoms with E-state index in [1.54, 1.807) is 30.5 Å². The molecular weight excluding hydrogens is 535 g/mol. The molecular formula is C21H18N4O2Pt. The number of hydrogen-bond donors (Lipinski definition) is 0. The van der Waals surface area contributed by atoms with Crippen LogP contribution in [-0.4, -0.2) is 15.1 Å². The summed E-state index contributed by atoms with van der Waals surface area (Å²) in [6, 6.07) is 21.3. The summed E-state index contributed by atoms with van der Waals surface area (Å²) in [5.41, 5.74) is 2.26. The largest absolute Gasteiger partial charge is 2.00 e. The molecule has 0 aliphatic carbocycles. The normalized spacial score (nSPS) is 9.75. The van der Waals surface area contributed by atoms with Crippen molar-refractivity contribution in [3.05, 3.63) is 78.6 Å². The Kier molecular flexibility index (Phi) is 7.47. The average Bonchev–Trinajstić information content (AvgIpc) is 3.10. The minimum atomic E-state index is 0. The van der Waals surface area contributed by atoms with Crippen molar-refractivity contribution >= 4 is 0 Å². The van der Waals surface area contributed by atoms with Gasteiger partial charge < -0.3 is 19.7 Å². The molecule has 0 N–H and O–H groups in total. The molecule has 0 radical (unpaired) electrons. The number of rotatable bonds is 5. The minimum Gasteiger partial charge on any atom is -0.574 e. The summed E-state index contributed by atoms with van der Waals surface area (Å²) in [5.74, 6) is 1.93. The number of nitrogens with zero attached hydrogens (tertiary/aromatic N) is 4. The third-order valence-electron chi connectivity index (χ3n) is 3.46. The number of aryl methyl sites for hydroxylation is 1. The van der Waals surface area contributed by atoms with Gasteiger partial charge in [-0.05, 0) is 19.1 Å². The molecule has 7 heteroatoms. The van der Waals surface area contributed by atoms with Crippen molar-refractivity contribution in [3.63, 3.8) is 0 Å². The van der Waals surface area contributed by atoms with Crippen LogP contribution in [0.5, 0.6) is 23.3 Å². The van der Waals surface area contributed by atoms with Crippen LogP contribution in [0.3, 0.4) is 0 Å². The maximum atomic E-state index is 5.81. The van der Waals surface area contributed by atoms with E-state index in [-0.39, 0.29) is 28.5 Å². The van der Waals surface area contributed by atoms with Gasteiger partial charge >= 0.3 is 21.1 Å². The van der Waals surface area contributed by atoms with E-state index >= 15 is 0 Å². The third-order valence-corrected chi connectivity index (χ3v) is 3.46. The van der Waals surface area contributed by atoms with Crippen LogP contribution < -0.4 is 14.6 Å². The van der Waals surface area contributed by atoms with Gasteiger partial charge in [0.15, 0.2) is 0 Å². The summed E-state index contributed by atoms with van der Waals surface area (Å²) in [5, 5.41) is 8.09. The molecule has 0 atom stereocenters. The fourth-order valence-electron chi connectivity index (χ4n) is 2.31. The number of aromatic nitrogens is 4. The first kappa shape index (κ1) is 21.3. The molecule has 0 spiro atoms. The zero-order valence-corrected chi connectivity index (χ0v) is 16.5. The van der Waals surface area contributed by atoms with E-state index in [1.165, 1.54) is 0 Å². The molecule has 28 heavy (non-hydrogen) atoms. The summed E-state index contributed by atoms with van der Waals surface area (Å²) >= 11 is 0. The molecule has 0 aliphatic rings. The summed E-state index contributed by atoms with van der Waals surface area (Å²) in [6.45, 7) is 1.89. The minimum absolute atomic E-state index is 0. The van der Waals surface area contributed by atoms with E-state index < -0.39 is 0 Å². The SMILES string of the molecule is C.Cc1cc(-c2cccc(Oc3[c-]c(Oc4ccccn4)ccc3)n2)[n-]n1.[Pt+2]. The number of ether oxygens (including phenoxy) is 2. The van der Waals surface area contributed by atoms with Gasteiger partial charge in [0.1, 0.15) is 0 Å². The Morgan fingerprint density at radius 1 is 0.893 bits per heavy atom. The predicted octanol–water partition coefficient (Wildman–Crippen LogP) is 4.82. The number of benzene rings is 1. The number of pyridine rings is 2. The second-order valence-electron chi connectivity index (χ2n) is 5.48. The summed E-state index contributed by atoms with van der Waals surface area (Å²) in [4.78, 5) is 8.59. The van der Waals surface area contributed by atoms with E-state index in [0.29, 0.717) is 34.6 Å².